The summed E-state index contributed by atoms with van der Waals surface area (Å²) in [6.45, 7) is 1.50. The van der Waals surface area contributed by atoms with E-state index in [1.807, 2.05) is 19.0 Å². The Morgan fingerprint density at radius 1 is 1.18 bits per heavy atom. The molecule has 0 spiro atoms. The molecule has 0 atom stereocenters. The van der Waals surface area contributed by atoms with Crippen LogP contribution in [0.15, 0.2) is 0 Å². The third kappa shape index (κ3) is 17.8. The van der Waals surface area contributed by atoms with Gasteiger partial charge in [-0.1, -0.05) is 5.92 Å². The zero-order chi connectivity index (χ0) is 7.11. The molecule has 0 saturated heterocycles. The molecule has 0 amide bonds. The van der Waals surface area contributed by atoms with E-state index >= 15 is 0 Å². The first kappa shape index (κ1) is 17.2. The van der Waals surface area contributed by atoms with E-state index < -0.39 is 0 Å². The summed E-state index contributed by atoms with van der Waals surface area (Å²) in [4.78, 5) is 2.03. The predicted octanol–water partition coefficient (Wildman–Crippen LogP) is 0.744. The van der Waals surface area contributed by atoms with Gasteiger partial charge in [0.1, 0.15) is 0 Å². The van der Waals surface area contributed by atoms with Crippen LogP contribution in [0.5, 0.6) is 0 Å². The van der Waals surface area contributed by atoms with Gasteiger partial charge in [-0.15, -0.1) is 30.7 Å². The fourth-order valence-corrected chi connectivity index (χ4v) is 0.375. The number of nitrogens with zero attached hydrogens (tertiary/aromatic N) is 1. The van der Waals surface area contributed by atoms with Crippen molar-refractivity contribution in [1.29, 1.82) is 0 Å². The molecular formula is C7H16Cl2N2. The van der Waals surface area contributed by atoms with E-state index in [4.69, 9.17) is 5.73 Å². The van der Waals surface area contributed by atoms with Gasteiger partial charge in [-0.05, 0) is 14.1 Å². The van der Waals surface area contributed by atoms with Gasteiger partial charge >= 0.3 is 0 Å². The van der Waals surface area contributed by atoms with Crippen molar-refractivity contribution < 1.29 is 0 Å². The normalized spacial score (nSPS) is 7.27. The largest absolute Gasteiger partial charge is 0.330 e. The van der Waals surface area contributed by atoms with Crippen molar-refractivity contribution >= 4 is 24.8 Å². The molecule has 0 aliphatic rings. The lowest BCUT2D eigenvalue weighted by molar-refractivity contribution is 0.463. The van der Waals surface area contributed by atoms with E-state index in [1.54, 1.807) is 0 Å². The minimum Gasteiger partial charge on any atom is -0.330 e. The van der Waals surface area contributed by atoms with Crippen LogP contribution in [-0.4, -0.2) is 32.1 Å². The Morgan fingerprint density at radius 3 is 2.09 bits per heavy atom. The molecule has 2 N–H and O–H groups in total. The SMILES string of the molecule is CN(C)CC#CCCN.Cl.Cl. The molecule has 0 fully saturated rings. The van der Waals surface area contributed by atoms with Crippen LogP contribution in [0.4, 0.5) is 0 Å². The topological polar surface area (TPSA) is 29.3 Å². The number of halogens is 2. The quantitative estimate of drug-likeness (QED) is 0.665. The van der Waals surface area contributed by atoms with Crippen LogP contribution in [0.25, 0.3) is 0 Å². The Morgan fingerprint density at radius 2 is 1.73 bits per heavy atom. The van der Waals surface area contributed by atoms with Crippen LogP contribution < -0.4 is 5.73 Å². The Balaban J connectivity index is -0.000000320. The zero-order valence-electron chi connectivity index (χ0n) is 6.96. The monoisotopic (exact) mass is 198 g/mol. The second-order valence-corrected chi connectivity index (χ2v) is 2.13. The molecule has 11 heavy (non-hydrogen) atoms. The molecule has 0 unspecified atom stereocenters. The number of hydrogen-bond acceptors (Lipinski definition) is 2. The van der Waals surface area contributed by atoms with Crippen molar-refractivity contribution in [2.24, 2.45) is 5.73 Å². The van der Waals surface area contributed by atoms with Crippen LogP contribution >= 0.6 is 24.8 Å². The van der Waals surface area contributed by atoms with Gasteiger partial charge in [0.15, 0.2) is 0 Å². The van der Waals surface area contributed by atoms with E-state index in [0.717, 1.165) is 13.0 Å². The molecule has 4 heteroatoms. The molecule has 0 rings (SSSR count). The van der Waals surface area contributed by atoms with E-state index in [1.165, 1.54) is 0 Å². The first-order valence-electron chi connectivity index (χ1n) is 3.08. The molecule has 0 aromatic heterocycles. The highest BCUT2D eigenvalue weighted by Gasteiger charge is 1.78. The highest BCUT2D eigenvalue weighted by atomic mass is 35.5. The number of hydrogen-bond donors (Lipinski definition) is 1. The average molecular weight is 199 g/mol. The number of rotatable bonds is 2. The maximum absolute atomic E-state index is 5.23. The molecule has 68 valence electrons. The summed E-state index contributed by atoms with van der Waals surface area (Å²) in [6.07, 6.45) is 0.813. The molecular weight excluding hydrogens is 183 g/mol. The lowest BCUT2D eigenvalue weighted by Crippen LogP contribution is -2.10. The van der Waals surface area contributed by atoms with Gasteiger partial charge in [-0.25, -0.2) is 0 Å². The third-order valence-electron chi connectivity index (χ3n) is 0.790. The average Bonchev–Trinajstić information content (AvgIpc) is 1.80. The van der Waals surface area contributed by atoms with Crippen molar-refractivity contribution in [2.75, 3.05) is 27.2 Å². The Labute approximate surface area is 81.3 Å². The Hall–Kier alpha value is 0.0600. The summed E-state index contributed by atoms with van der Waals surface area (Å²) >= 11 is 0. The van der Waals surface area contributed by atoms with Gasteiger partial charge in [0.25, 0.3) is 0 Å². The first-order valence-corrected chi connectivity index (χ1v) is 3.08. The zero-order valence-corrected chi connectivity index (χ0v) is 8.60. The molecule has 0 bridgehead atoms. The van der Waals surface area contributed by atoms with Crippen molar-refractivity contribution in [1.82, 2.24) is 4.90 Å². The van der Waals surface area contributed by atoms with Crippen LogP contribution in [0, 0.1) is 11.8 Å². The maximum Gasteiger partial charge on any atom is 0.0596 e. The summed E-state index contributed by atoms with van der Waals surface area (Å²) in [5, 5.41) is 0. The third-order valence-corrected chi connectivity index (χ3v) is 0.790. The minimum absolute atomic E-state index is 0. The molecule has 2 nitrogen and oxygen atoms in total. The second-order valence-electron chi connectivity index (χ2n) is 2.13. The van der Waals surface area contributed by atoms with Crippen LogP contribution in [-0.2, 0) is 0 Å². The minimum atomic E-state index is 0. The van der Waals surface area contributed by atoms with Gasteiger partial charge in [-0.3, -0.25) is 4.90 Å². The van der Waals surface area contributed by atoms with Crippen molar-refractivity contribution in [3.63, 3.8) is 0 Å². The fourth-order valence-electron chi connectivity index (χ4n) is 0.375. The predicted molar refractivity (Wildman–Crippen MR) is 54.5 cm³/mol. The smallest absolute Gasteiger partial charge is 0.0596 e. The van der Waals surface area contributed by atoms with Crippen molar-refractivity contribution in [2.45, 2.75) is 6.42 Å². The van der Waals surface area contributed by atoms with Gasteiger partial charge < -0.3 is 5.73 Å². The molecule has 0 aliphatic carbocycles. The molecule has 0 radical (unpaired) electrons. The standard InChI is InChI=1S/C7H14N2.2ClH/c1-9(2)7-5-3-4-6-8;;/h4,6-8H2,1-2H3;2*1H. The molecule has 0 aromatic rings. The Kier molecular flexibility index (Phi) is 19.9. The summed E-state index contributed by atoms with van der Waals surface area (Å²) in [7, 11) is 3.99. The molecule has 0 aliphatic heterocycles. The number of nitrogens with two attached hydrogens (primary N) is 1. The van der Waals surface area contributed by atoms with Crippen LogP contribution in [0.3, 0.4) is 0 Å². The maximum atomic E-state index is 5.23. The summed E-state index contributed by atoms with van der Waals surface area (Å²) in [6, 6.07) is 0. The second kappa shape index (κ2) is 12.7. The first-order chi connectivity index (χ1) is 4.27. The van der Waals surface area contributed by atoms with E-state index in [9.17, 15) is 0 Å². The molecule has 0 heterocycles. The summed E-state index contributed by atoms with van der Waals surface area (Å²) in [5.74, 6) is 5.93. The molecule has 0 saturated carbocycles. The van der Waals surface area contributed by atoms with Crippen LogP contribution in [0.2, 0.25) is 0 Å². The summed E-state index contributed by atoms with van der Waals surface area (Å²) < 4.78 is 0. The Bertz CT molecular complexity index is 115. The van der Waals surface area contributed by atoms with E-state index in [2.05, 4.69) is 11.8 Å². The summed E-state index contributed by atoms with van der Waals surface area (Å²) in [5.41, 5.74) is 5.23. The lowest BCUT2D eigenvalue weighted by Gasteiger charge is -2.00. The van der Waals surface area contributed by atoms with Crippen molar-refractivity contribution in [3.05, 3.63) is 0 Å². The molecule has 0 aromatic carbocycles. The van der Waals surface area contributed by atoms with E-state index in [-0.39, 0.29) is 24.8 Å². The van der Waals surface area contributed by atoms with E-state index in [0.29, 0.717) is 6.54 Å². The highest BCUT2D eigenvalue weighted by molar-refractivity contribution is 5.85. The van der Waals surface area contributed by atoms with Gasteiger partial charge in [0.05, 0.1) is 6.54 Å². The van der Waals surface area contributed by atoms with Gasteiger partial charge in [0, 0.05) is 13.0 Å². The van der Waals surface area contributed by atoms with Gasteiger partial charge in [0.2, 0.25) is 0 Å². The van der Waals surface area contributed by atoms with Crippen molar-refractivity contribution in [3.8, 4) is 11.8 Å². The highest BCUT2D eigenvalue weighted by Crippen LogP contribution is 1.71. The lowest BCUT2D eigenvalue weighted by atomic mass is 10.4. The van der Waals surface area contributed by atoms with Gasteiger partial charge in [-0.2, -0.15) is 0 Å². The fraction of sp³-hybridized carbons (Fsp3) is 0.714. The van der Waals surface area contributed by atoms with Crippen LogP contribution in [0.1, 0.15) is 6.42 Å².